The van der Waals surface area contributed by atoms with Crippen LogP contribution in [0.5, 0.6) is 5.88 Å². The summed E-state index contributed by atoms with van der Waals surface area (Å²) in [6.45, 7) is 0. The van der Waals surface area contributed by atoms with Crippen LogP contribution in [0.4, 0.5) is 4.79 Å². The van der Waals surface area contributed by atoms with Gasteiger partial charge in [-0.15, -0.1) is 0 Å². The van der Waals surface area contributed by atoms with E-state index in [0.29, 0.717) is 0 Å². The molecule has 1 aliphatic rings. The van der Waals surface area contributed by atoms with Crippen molar-refractivity contribution < 1.29 is 14.4 Å². The molecule has 0 radical (unpaired) electrons. The van der Waals surface area contributed by atoms with E-state index in [0.717, 1.165) is 4.85 Å². The van der Waals surface area contributed by atoms with E-state index < -0.39 is 6.16 Å². The van der Waals surface area contributed by atoms with Gasteiger partial charge in [0.2, 0.25) is 0 Å². The minimum Gasteiger partial charge on any atom is -0.371 e. The predicted octanol–water partition coefficient (Wildman–Crippen LogP) is -0.781. The maximum Gasteiger partial charge on any atom is 0.542 e. The topological polar surface area (TPSA) is 66.2 Å². The predicted molar refractivity (Wildman–Crippen MR) is 22.6 cm³/mol. The fraction of sp³-hybridized carbons (Fsp3) is 0. The molecule has 0 aliphatic carbocycles. The molecule has 9 heavy (non-hydrogen) atoms. The Morgan fingerprint density at radius 1 is 1.67 bits per heavy atom. The van der Waals surface area contributed by atoms with Crippen LogP contribution in [-0.2, 0) is 0 Å². The minimum atomic E-state index is -0.808. The molecule has 0 atom stereocenters. The lowest BCUT2D eigenvalue weighted by Crippen LogP contribution is -2.25. The third-order valence-corrected chi connectivity index (χ3v) is 0.808. The van der Waals surface area contributed by atoms with Gasteiger partial charge in [0.25, 0.3) is 5.88 Å². The molecule has 2 rings (SSSR count). The summed E-state index contributed by atoms with van der Waals surface area (Å²) in [5.41, 5.74) is 0. The van der Waals surface area contributed by atoms with E-state index in [4.69, 9.17) is 0 Å². The lowest BCUT2D eigenvalue weighted by molar-refractivity contribution is 0.0667. The number of hydrogen-bond acceptors (Lipinski definition) is 5. The normalized spacial score (nSPS) is 14.4. The van der Waals surface area contributed by atoms with Crippen molar-refractivity contribution in [1.29, 1.82) is 0 Å². The zero-order valence-electron chi connectivity index (χ0n) is 4.14. The molecule has 0 N–H and O–H groups in total. The second kappa shape index (κ2) is 1.22. The van der Waals surface area contributed by atoms with Gasteiger partial charge < -0.3 is 4.74 Å². The molecule has 1 aromatic heterocycles. The van der Waals surface area contributed by atoms with Crippen LogP contribution in [-0.4, -0.2) is 21.3 Å². The summed E-state index contributed by atoms with van der Waals surface area (Å²) in [7, 11) is 0. The van der Waals surface area contributed by atoms with Crippen molar-refractivity contribution in [3.63, 3.8) is 0 Å². The highest BCUT2D eigenvalue weighted by Crippen LogP contribution is 2.06. The maximum atomic E-state index is 10.3. The van der Waals surface area contributed by atoms with Gasteiger partial charge in [-0.2, -0.15) is 0 Å². The molecule has 46 valence electrons. The fourth-order valence-corrected chi connectivity index (χ4v) is 0.506. The first-order chi connectivity index (χ1) is 4.34. The van der Waals surface area contributed by atoms with Crippen LogP contribution < -0.4 is 9.57 Å². The van der Waals surface area contributed by atoms with Gasteiger partial charge >= 0.3 is 6.16 Å². The van der Waals surface area contributed by atoms with Crippen LogP contribution in [0.25, 0.3) is 0 Å². The number of carbonyl (C=O) groups excluding carboxylic acids is 1. The summed E-state index contributed by atoms with van der Waals surface area (Å²) in [6, 6.07) is 0. The molecule has 0 unspecified atom stereocenters. The summed E-state index contributed by atoms with van der Waals surface area (Å²) < 4.78 is 4.38. The Balaban J connectivity index is 2.51. The van der Waals surface area contributed by atoms with E-state index in [1.165, 1.54) is 6.20 Å². The van der Waals surface area contributed by atoms with Crippen LogP contribution >= 0.6 is 0 Å². The van der Waals surface area contributed by atoms with Crippen molar-refractivity contribution in [3.05, 3.63) is 6.20 Å². The quantitative estimate of drug-likeness (QED) is 0.338. The average Bonchev–Trinajstić information content (AvgIpc) is 2.11. The third-order valence-electron chi connectivity index (χ3n) is 0.808. The van der Waals surface area contributed by atoms with Gasteiger partial charge in [-0.25, -0.2) is 4.79 Å². The van der Waals surface area contributed by atoms with Gasteiger partial charge in [0.05, 0.1) is 0 Å². The number of carbonyl (C=O) groups is 1. The van der Waals surface area contributed by atoms with E-state index in [1.807, 2.05) is 0 Å². The summed E-state index contributed by atoms with van der Waals surface area (Å²) in [5, 5.41) is 6.74. The van der Waals surface area contributed by atoms with E-state index in [9.17, 15) is 4.79 Å². The Kier molecular flexibility index (Phi) is 0.583. The molecule has 2 bridgehead atoms. The molecule has 0 spiro atoms. The summed E-state index contributed by atoms with van der Waals surface area (Å²) in [6.07, 6.45) is 0.541. The maximum absolute atomic E-state index is 10.3. The van der Waals surface area contributed by atoms with Crippen LogP contribution in [0, 0.1) is 0 Å². The Morgan fingerprint density at radius 2 is 2.56 bits per heavy atom. The molecule has 1 aromatic rings. The van der Waals surface area contributed by atoms with Crippen molar-refractivity contribution in [2.75, 3.05) is 0 Å². The minimum absolute atomic E-state index is 0.159. The number of nitrogens with zero attached hydrogens (tertiary/aromatic N) is 3. The highest BCUT2D eigenvalue weighted by molar-refractivity contribution is 5.64. The zero-order valence-corrected chi connectivity index (χ0v) is 4.14. The standard InChI is InChI=1S/C3HN3O3/c7-3-8-2-1-6(9-3)5-4-2/h1H. The molecule has 0 fully saturated rings. The van der Waals surface area contributed by atoms with Crippen LogP contribution in [0.3, 0.4) is 0 Å². The van der Waals surface area contributed by atoms with Crippen molar-refractivity contribution in [2.24, 2.45) is 0 Å². The monoisotopic (exact) mass is 127 g/mol. The van der Waals surface area contributed by atoms with E-state index in [1.54, 1.807) is 0 Å². The largest absolute Gasteiger partial charge is 0.542 e. The van der Waals surface area contributed by atoms with Gasteiger partial charge in [0, 0.05) is 0 Å². The molecule has 0 saturated heterocycles. The smallest absolute Gasteiger partial charge is 0.371 e. The molecule has 0 saturated carbocycles. The molecule has 2 heterocycles. The second-order valence-corrected chi connectivity index (χ2v) is 1.40. The number of hydrogen-bond donors (Lipinski definition) is 0. The fourth-order valence-electron chi connectivity index (χ4n) is 0.506. The Labute approximate surface area is 48.9 Å². The van der Waals surface area contributed by atoms with E-state index >= 15 is 0 Å². The first-order valence-corrected chi connectivity index (χ1v) is 2.17. The number of ether oxygens (including phenoxy) is 1. The first kappa shape index (κ1) is 4.30. The highest BCUT2D eigenvalue weighted by atomic mass is 16.8. The first-order valence-electron chi connectivity index (χ1n) is 2.17. The van der Waals surface area contributed by atoms with E-state index in [-0.39, 0.29) is 5.88 Å². The average molecular weight is 127 g/mol. The zero-order chi connectivity index (χ0) is 6.27. The molecule has 0 amide bonds. The van der Waals surface area contributed by atoms with Gasteiger partial charge in [-0.3, -0.25) is 4.84 Å². The van der Waals surface area contributed by atoms with Crippen molar-refractivity contribution in [1.82, 2.24) is 15.2 Å². The van der Waals surface area contributed by atoms with Gasteiger partial charge in [0.15, 0.2) is 0 Å². The molecular formula is C3HN3O3. The Morgan fingerprint density at radius 3 is 3.33 bits per heavy atom. The van der Waals surface area contributed by atoms with Crippen molar-refractivity contribution in [3.8, 4) is 5.88 Å². The molecular weight excluding hydrogens is 126 g/mol. The molecule has 1 aliphatic heterocycles. The van der Waals surface area contributed by atoms with Gasteiger partial charge in [-0.1, -0.05) is 9.94 Å². The lowest BCUT2D eigenvalue weighted by atomic mass is 10.8. The highest BCUT2D eigenvalue weighted by Gasteiger charge is 2.17. The van der Waals surface area contributed by atoms with E-state index in [2.05, 4.69) is 19.9 Å². The molecule has 6 heteroatoms. The third kappa shape index (κ3) is 0.525. The second-order valence-electron chi connectivity index (χ2n) is 1.40. The summed E-state index contributed by atoms with van der Waals surface area (Å²) in [5.74, 6) is 0.159. The van der Waals surface area contributed by atoms with Crippen molar-refractivity contribution >= 4 is 6.16 Å². The molecule has 6 nitrogen and oxygen atoms in total. The van der Waals surface area contributed by atoms with Gasteiger partial charge in [0.1, 0.15) is 6.20 Å². The SMILES string of the molecule is O=C1Oc2cn(nn2)O1. The van der Waals surface area contributed by atoms with Gasteiger partial charge in [-0.05, 0) is 5.21 Å². The van der Waals surface area contributed by atoms with Crippen LogP contribution in [0.2, 0.25) is 0 Å². The van der Waals surface area contributed by atoms with Crippen molar-refractivity contribution in [2.45, 2.75) is 0 Å². The number of aromatic nitrogens is 3. The van der Waals surface area contributed by atoms with Crippen LogP contribution in [0.1, 0.15) is 0 Å². The molecule has 0 aromatic carbocycles. The van der Waals surface area contributed by atoms with Crippen LogP contribution in [0.15, 0.2) is 6.20 Å². The Hall–Kier alpha value is -1.59. The summed E-state index contributed by atoms with van der Waals surface area (Å²) >= 11 is 0. The summed E-state index contributed by atoms with van der Waals surface area (Å²) in [4.78, 5) is 15.5. The number of rotatable bonds is 0. The number of fused-ring (bicyclic) bond motifs is 2. The Bertz CT molecular complexity index is 232. The lowest BCUT2D eigenvalue weighted by Gasteiger charge is -2.01.